The quantitative estimate of drug-likeness (QED) is 0.795. The minimum atomic E-state index is -0.251. The molecule has 1 spiro atoms. The van der Waals surface area contributed by atoms with Crippen molar-refractivity contribution in [2.45, 2.75) is 38.0 Å². The van der Waals surface area contributed by atoms with Gasteiger partial charge in [-0.3, -0.25) is 0 Å². The van der Waals surface area contributed by atoms with E-state index in [9.17, 15) is 5.26 Å². The van der Waals surface area contributed by atoms with E-state index in [1.54, 1.807) is 0 Å². The zero-order chi connectivity index (χ0) is 12.8. The van der Waals surface area contributed by atoms with E-state index in [1.807, 2.05) is 0 Å². The van der Waals surface area contributed by atoms with Gasteiger partial charge in [-0.1, -0.05) is 38.1 Å². The van der Waals surface area contributed by atoms with Crippen LogP contribution in [0.4, 0.5) is 0 Å². The van der Waals surface area contributed by atoms with Crippen LogP contribution in [-0.2, 0) is 10.2 Å². The Hall–Kier alpha value is -1.33. The van der Waals surface area contributed by atoms with Gasteiger partial charge >= 0.3 is 0 Å². The van der Waals surface area contributed by atoms with Crippen molar-refractivity contribution in [1.82, 2.24) is 0 Å². The Balaban J connectivity index is 1.83. The normalized spacial score (nSPS) is 23.2. The lowest BCUT2D eigenvalue weighted by atomic mass is 9.50. The molecule has 1 aliphatic carbocycles. The van der Waals surface area contributed by atoms with E-state index in [2.05, 4.69) is 44.2 Å². The third kappa shape index (κ3) is 1.58. The Morgan fingerprint density at radius 3 is 2.17 bits per heavy atom. The van der Waals surface area contributed by atoms with E-state index in [4.69, 9.17) is 4.74 Å². The SMILES string of the molecule is CC(C)c1ccc(C2(C#N)CC3(COC3)C2)cc1. The molecule has 0 unspecified atom stereocenters. The molecule has 1 aliphatic heterocycles. The van der Waals surface area contributed by atoms with Crippen LogP contribution in [0, 0.1) is 16.7 Å². The maximum atomic E-state index is 9.53. The van der Waals surface area contributed by atoms with Crippen LogP contribution in [0.15, 0.2) is 24.3 Å². The molecule has 1 aromatic rings. The first-order valence-electron chi connectivity index (χ1n) is 6.69. The van der Waals surface area contributed by atoms with Crippen LogP contribution < -0.4 is 0 Å². The van der Waals surface area contributed by atoms with Gasteiger partial charge in [0.2, 0.25) is 0 Å². The zero-order valence-electron chi connectivity index (χ0n) is 11.1. The molecule has 0 bridgehead atoms. The average molecular weight is 241 g/mol. The molecule has 0 atom stereocenters. The van der Waals surface area contributed by atoms with Crippen LogP contribution in [0.1, 0.15) is 43.7 Å². The van der Waals surface area contributed by atoms with Gasteiger partial charge in [-0.2, -0.15) is 5.26 Å². The van der Waals surface area contributed by atoms with Crippen molar-refractivity contribution < 1.29 is 4.74 Å². The molecule has 0 N–H and O–H groups in total. The summed E-state index contributed by atoms with van der Waals surface area (Å²) >= 11 is 0. The van der Waals surface area contributed by atoms with Crippen LogP contribution in [0.3, 0.4) is 0 Å². The van der Waals surface area contributed by atoms with Crippen LogP contribution in [0.25, 0.3) is 0 Å². The second-order valence-corrected chi connectivity index (χ2v) is 6.32. The summed E-state index contributed by atoms with van der Waals surface area (Å²) < 4.78 is 5.29. The molecule has 0 radical (unpaired) electrons. The van der Waals surface area contributed by atoms with Crippen LogP contribution in [0.5, 0.6) is 0 Å². The Morgan fingerprint density at radius 1 is 1.17 bits per heavy atom. The minimum Gasteiger partial charge on any atom is -0.380 e. The molecule has 1 aromatic carbocycles. The second kappa shape index (κ2) is 3.83. The highest BCUT2D eigenvalue weighted by Crippen LogP contribution is 2.58. The molecule has 0 aromatic heterocycles. The van der Waals surface area contributed by atoms with E-state index in [-0.39, 0.29) is 5.41 Å². The van der Waals surface area contributed by atoms with Crippen LogP contribution >= 0.6 is 0 Å². The molecule has 0 amide bonds. The van der Waals surface area contributed by atoms with E-state index < -0.39 is 0 Å². The summed E-state index contributed by atoms with van der Waals surface area (Å²) in [4.78, 5) is 0. The highest BCUT2D eigenvalue weighted by Gasteiger charge is 2.59. The summed E-state index contributed by atoms with van der Waals surface area (Å²) in [5.74, 6) is 0.546. The number of nitriles is 1. The number of benzene rings is 1. The molecule has 3 rings (SSSR count). The second-order valence-electron chi connectivity index (χ2n) is 6.32. The summed E-state index contributed by atoms with van der Waals surface area (Å²) in [5, 5.41) is 9.53. The zero-order valence-corrected chi connectivity index (χ0v) is 11.1. The molecule has 2 nitrogen and oxygen atoms in total. The number of hydrogen-bond donors (Lipinski definition) is 0. The van der Waals surface area contributed by atoms with Crippen LogP contribution in [0.2, 0.25) is 0 Å². The predicted molar refractivity (Wildman–Crippen MR) is 70.3 cm³/mol. The molecule has 2 heteroatoms. The lowest BCUT2D eigenvalue weighted by Gasteiger charge is -2.57. The smallest absolute Gasteiger partial charge is 0.0836 e. The summed E-state index contributed by atoms with van der Waals surface area (Å²) in [5.41, 5.74) is 2.60. The Kier molecular flexibility index (Phi) is 2.50. The maximum absolute atomic E-state index is 9.53. The summed E-state index contributed by atoms with van der Waals surface area (Å²) in [6.45, 7) is 6.08. The Bertz CT molecular complexity index is 483. The molecule has 1 saturated heterocycles. The molecule has 2 fully saturated rings. The van der Waals surface area contributed by atoms with E-state index in [0.717, 1.165) is 26.1 Å². The number of rotatable bonds is 2. The molecule has 1 heterocycles. The summed E-state index contributed by atoms with van der Waals surface area (Å²) in [7, 11) is 0. The first kappa shape index (κ1) is 11.7. The molecule has 1 saturated carbocycles. The van der Waals surface area contributed by atoms with Gasteiger partial charge in [0.05, 0.1) is 24.7 Å². The molecular weight excluding hydrogens is 222 g/mol. The predicted octanol–water partition coefficient (Wildman–Crippen LogP) is 3.38. The molecule has 2 aliphatic rings. The van der Waals surface area contributed by atoms with Gasteiger partial charge in [0.15, 0.2) is 0 Å². The van der Waals surface area contributed by atoms with Crippen molar-refractivity contribution in [3.8, 4) is 6.07 Å². The van der Waals surface area contributed by atoms with Crippen molar-refractivity contribution in [2.75, 3.05) is 13.2 Å². The fourth-order valence-electron chi connectivity index (χ4n) is 3.36. The minimum absolute atomic E-state index is 0.251. The van der Waals surface area contributed by atoms with Gasteiger partial charge in [0.25, 0.3) is 0 Å². The summed E-state index contributed by atoms with van der Waals surface area (Å²) in [6.07, 6.45) is 1.94. The van der Waals surface area contributed by atoms with Gasteiger partial charge in [-0.05, 0) is 29.9 Å². The first-order chi connectivity index (χ1) is 8.59. The number of hydrogen-bond acceptors (Lipinski definition) is 2. The third-order valence-corrected chi connectivity index (χ3v) is 4.51. The number of nitrogens with zero attached hydrogens (tertiary/aromatic N) is 1. The largest absolute Gasteiger partial charge is 0.380 e. The van der Waals surface area contributed by atoms with Crippen LogP contribution in [-0.4, -0.2) is 13.2 Å². The topological polar surface area (TPSA) is 33.0 Å². The van der Waals surface area contributed by atoms with Gasteiger partial charge in [-0.15, -0.1) is 0 Å². The van der Waals surface area contributed by atoms with Gasteiger partial charge in [0, 0.05) is 5.41 Å². The van der Waals surface area contributed by atoms with E-state index in [1.165, 1.54) is 11.1 Å². The Morgan fingerprint density at radius 2 is 1.78 bits per heavy atom. The third-order valence-electron chi connectivity index (χ3n) is 4.51. The molecule has 18 heavy (non-hydrogen) atoms. The first-order valence-corrected chi connectivity index (χ1v) is 6.69. The standard InChI is InChI=1S/C16H19NO/c1-12(2)13-3-5-14(6-4-13)16(9-17)7-15(8-16)10-18-11-15/h3-6,12H,7-8,10-11H2,1-2H3. The van der Waals surface area contributed by atoms with Crippen molar-refractivity contribution in [3.63, 3.8) is 0 Å². The Labute approximate surface area is 109 Å². The molecule has 94 valence electrons. The van der Waals surface area contributed by atoms with Gasteiger partial charge in [-0.25, -0.2) is 0 Å². The lowest BCUT2D eigenvalue weighted by Crippen LogP contribution is -2.59. The fourth-order valence-corrected chi connectivity index (χ4v) is 3.36. The number of ether oxygens (including phenoxy) is 1. The van der Waals surface area contributed by atoms with Gasteiger partial charge in [0.1, 0.15) is 0 Å². The maximum Gasteiger partial charge on any atom is 0.0836 e. The lowest BCUT2D eigenvalue weighted by molar-refractivity contribution is -0.178. The highest BCUT2D eigenvalue weighted by molar-refractivity contribution is 5.40. The van der Waals surface area contributed by atoms with E-state index >= 15 is 0 Å². The fraction of sp³-hybridized carbons (Fsp3) is 0.562. The van der Waals surface area contributed by atoms with Crippen molar-refractivity contribution in [1.29, 1.82) is 5.26 Å². The van der Waals surface area contributed by atoms with E-state index in [0.29, 0.717) is 11.3 Å². The monoisotopic (exact) mass is 241 g/mol. The summed E-state index contributed by atoms with van der Waals surface area (Å²) in [6, 6.07) is 11.2. The highest BCUT2D eigenvalue weighted by atomic mass is 16.5. The van der Waals surface area contributed by atoms with Crippen molar-refractivity contribution in [3.05, 3.63) is 35.4 Å². The average Bonchev–Trinajstić information content (AvgIpc) is 2.27. The molecular formula is C16H19NO. The van der Waals surface area contributed by atoms with Crippen molar-refractivity contribution in [2.24, 2.45) is 5.41 Å². The van der Waals surface area contributed by atoms with Gasteiger partial charge < -0.3 is 4.74 Å². The van der Waals surface area contributed by atoms with Crippen molar-refractivity contribution >= 4 is 0 Å².